The van der Waals surface area contributed by atoms with Gasteiger partial charge in [0.1, 0.15) is 18.8 Å². The molecule has 4 atom stereocenters. The van der Waals surface area contributed by atoms with Crippen LogP contribution in [0.3, 0.4) is 0 Å². The zero-order valence-electron chi connectivity index (χ0n) is 63.6. The number of carbonyl (C=O) groups excluding carboxylic acids is 5. The lowest BCUT2D eigenvalue weighted by Gasteiger charge is -2.39. The maximum Gasteiger partial charge on any atom is 0.534 e. The molecule has 5 aromatic carbocycles. The Morgan fingerprint density at radius 1 is 0.619 bits per heavy atom. The van der Waals surface area contributed by atoms with Crippen molar-refractivity contribution in [3.63, 3.8) is 0 Å². The molecule has 0 aliphatic carbocycles. The van der Waals surface area contributed by atoms with Crippen LogP contribution in [0.4, 0.5) is 50.9 Å². The number of methoxy groups -OCH3 is 4. The van der Waals surface area contributed by atoms with Gasteiger partial charge in [-0.2, -0.15) is 47.9 Å². The third kappa shape index (κ3) is 31.3. The predicted molar refractivity (Wildman–Crippen MR) is 409 cm³/mol. The van der Waals surface area contributed by atoms with Gasteiger partial charge in [-0.3, -0.25) is 4.79 Å². The van der Waals surface area contributed by atoms with Gasteiger partial charge in [0.25, 0.3) is 0 Å². The van der Waals surface area contributed by atoms with E-state index in [1.165, 1.54) is 45.6 Å². The fraction of sp³-hybridized carbons (Fsp3) is 0.461. The summed E-state index contributed by atoms with van der Waals surface area (Å²) in [7, 11) is -2.32. The topological polar surface area (TPSA) is 302 Å². The van der Waals surface area contributed by atoms with E-state index in [1.807, 2.05) is 67.0 Å². The number of anilines is 2. The second-order valence-corrected chi connectivity index (χ2v) is 29.2. The highest BCUT2D eigenvalue weighted by Gasteiger charge is 2.50. The molecule has 0 radical (unpaired) electrons. The predicted octanol–water partition coefficient (Wildman–Crippen LogP) is 11.9. The number of esters is 4. The first-order valence-corrected chi connectivity index (χ1v) is 37.6. The van der Waals surface area contributed by atoms with E-state index in [4.69, 9.17) is 69.9 Å². The molecule has 3 saturated heterocycles. The van der Waals surface area contributed by atoms with Gasteiger partial charge in [0.2, 0.25) is 5.91 Å². The molecule has 3 unspecified atom stereocenters. The van der Waals surface area contributed by atoms with Gasteiger partial charge in [-0.25, -0.2) is 19.2 Å². The monoisotopic (exact) mass is 1680 g/mol. The Labute approximate surface area is 666 Å². The van der Waals surface area contributed by atoms with E-state index in [1.54, 1.807) is 42.5 Å². The van der Waals surface area contributed by atoms with Crippen molar-refractivity contribution in [3.05, 3.63) is 187 Å². The number of nitrogens with one attached hydrogen (secondary N) is 1. The quantitative estimate of drug-likeness (QED) is 0.0104. The number of hydrogen-bond donors (Lipinski definition) is 5. The molecule has 6 N–H and O–H groups in total. The molecule has 1 amide bonds. The lowest BCUT2D eigenvalue weighted by Crippen LogP contribution is -2.51. The summed E-state index contributed by atoms with van der Waals surface area (Å²) in [6, 6.07) is 28.7. The summed E-state index contributed by atoms with van der Waals surface area (Å²) >= 11 is 17.4. The molecule has 5 aliphatic heterocycles. The Morgan fingerprint density at radius 3 is 1.55 bits per heavy atom. The second-order valence-electron chi connectivity index (χ2n) is 26.4. The third-order valence-corrected chi connectivity index (χ3v) is 19.1. The van der Waals surface area contributed by atoms with Gasteiger partial charge >= 0.3 is 59.0 Å². The number of carbonyl (C=O) groups is 5. The number of benzene rings is 5. The molecule has 0 spiro atoms. The van der Waals surface area contributed by atoms with Crippen LogP contribution in [0.15, 0.2) is 139 Å². The minimum absolute atomic E-state index is 0.0247. The smallest absolute Gasteiger partial charge is 0.467 e. The Morgan fingerprint density at radius 2 is 1.10 bits per heavy atom. The largest absolute Gasteiger partial charge is 0.534 e. The molecule has 0 saturated carbocycles. The molecule has 10 rings (SSSR count). The Balaban J connectivity index is 0.000000302. The fourth-order valence-electron chi connectivity index (χ4n) is 11.7. The molecule has 5 aromatic rings. The van der Waals surface area contributed by atoms with Crippen LogP contribution >= 0.6 is 34.8 Å². The molecule has 23 nitrogen and oxygen atoms in total. The van der Waals surface area contributed by atoms with Crippen LogP contribution in [0.25, 0.3) is 5.57 Å². The number of aliphatic hydroxyl groups is 1. The van der Waals surface area contributed by atoms with E-state index in [0.29, 0.717) is 102 Å². The fourth-order valence-corrected chi connectivity index (χ4v) is 12.6. The number of ether oxygens (including phenoxy) is 7. The Kier molecular flexibility index (Phi) is 40.1. The molecule has 0 aromatic heterocycles. The van der Waals surface area contributed by atoms with Gasteiger partial charge in [-0.05, 0) is 137 Å². The summed E-state index contributed by atoms with van der Waals surface area (Å²) < 4.78 is 173. The number of halogens is 12. The summed E-state index contributed by atoms with van der Waals surface area (Å²) in [6.07, 6.45) is -6.13. The van der Waals surface area contributed by atoms with Crippen molar-refractivity contribution in [3.8, 4) is 0 Å². The molecule has 624 valence electrons. The minimum atomic E-state index is -5.80. The maximum absolute atomic E-state index is 13.4. The van der Waals surface area contributed by atoms with Gasteiger partial charge in [-0.1, -0.05) is 112 Å². The van der Waals surface area contributed by atoms with Crippen LogP contribution in [-0.4, -0.2) is 198 Å². The summed E-state index contributed by atoms with van der Waals surface area (Å²) in [5.41, 5.74) is 6.08. The van der Waals surface area contributed by atoms with E-state index >= 15 is 0 Å². The number of amides is 1. The zero-order chi connectivity index (χ0) is 84.7. The number of hydrogen-bond acceptors (Lipinski definition) is 22. The van der Waals surface area contributed by atoms with Crippen molar-refractivity contribution in [2.45, 2.75) is 83.2 Å². The van der Waals surface area contributed by atoms with Crippen molar-refractivity contribution in [1.29, 1.82) is 0 Å². The van der Waals surface area contributed by atoms with Crippen LogP contribution in [0.1, 0.15) is 98.7 Å². The van der Waals surface area contributed by atoms with E-state index in [9.17, 15) is 71.9 Å². The van der Waals surface area contributed by atoms with Gasteiger partial charge in [0.15, 0.2) is 5.76 Å². The minimum Gasteiger partial charge on any atom is -0.467 e. The highest BCUT2D eigenvalue weighted by molar-refractivity contribution is 7.87. The average Bonchev–Trinajstić information content (AvgIpc) is 1.26. The Bertz CT molecular complexity index is 4070. The molecule has 0 bridgehead atoms. The van der Waals surface area contributed by atoms with Crippen LogP contribution in [0.5, 0.6) is 0 Å². The van der Waals surface area contributed by atoms with Gasteiger partial charge in [0.05, 0.1) is 84.1 Å². The van der Waals surface area contributed by atoms with Crippen molar-refractivity contribution in [1.82, 2.24) is 10.2 Å². The molecule has 37 heteroatoms. The van der Waals surface area contributed by atoms with Crippen LogP contribution in [-0.2, 0) is 83.8 Å². The van der Waals surface area contributed by atoms with Crippen molar-refractivity contribution < 1.29 is 124 Å². The lowest BCUT2D eigenvalue weighted by molar-refractivity contribution is -0.144. The van der Waals surface area contributed by atoms with E-state index < -0.39 is 89.1 Å². The van der Waals surface area contributed by atoms with Crippen molar-refractivity contribution in [2.75, 3.05) is 137 Å². The van der Waals surface area contributed by atoms with Crippen LogP contribution in [0.2, 0.25) is 15.1 Å². The van der Waals surface area contributed by atoms with E-state index in [-0.39, 0.29) is 47.7 Å². The molecule has 113 heavy (non-hydrogen) atoms. The number of aliphatic hydroxyl groups excluding tert-OH is 1. The molecule has 5 heterocycles. The molecular formula is C76H94BCl3F9N5O18S. The highest BCUT2D eigenvalue weighted by atomic mass is 35.5. The summed E-state index contributed by atoms with van der Waals surface area (Å²) in [5.74, 6) is -2.46. The zero-order valence-corrected chi connectivity index (χ0v) is 66.7. The van der Waals surface area contributed by atoms with Crippen molar-refractivity contribution >= 4 is 104 Å². The summed E-state index contributed by atoms with van der Waals surface area (Å²) in [6.45, 7) is 19.0. The number of rotatable bonds is 18. The maximum atomic E-state index is 13.4. The van der Waals surface area contributed by atoms with Gasteiger partial charge < -0.3 is 78.2 Å². The number of nitrogens with two attached hydrogens (primary N) is 1. The first-order chi connectivity index (χ1) is 53.0. The Hall–Kier alpha value is -8.00. The first kappa shape index (κ1) is 97.4. The first-order valence-electron chi connectivity index (χ1n) is 35.1. The van der Waals surface area contributed by atoms with E-state index in [0.717, 1.165) is 79.8 Å². The number of alkyl halides is 9. The number of nitrogens with zero attached hydrogens (tertiary/aromatic N) is 3. The molecular weight excluding hydrogens is 1590 g/mol. The average molecular weight is 1690 g/mol. The van der Waals surface area contributed by atoms with Crippen molar-refractivity contribution in [2.24, 2.45) is 23.5 Å². The second kappa shape index (κ2) is 46.5. The standard InChI is InChI=1S/C27H33ClF3N3O2.C17H25F3N2.C12H11ClO3.C7H7F3O6S.C6H6BClO2.C4H6O2.C3H6O3/c1-17(2)13-24(32)21-14-19(27(29,30)31)5-8-25(21)33-9-11-34(12-10-33)26(35)23-16-36-15-22(23)18-3-6-20(28)7-4-18;1-12(2)10-13(3)15-11-14(17(18,19)20)4-5-16(15)22-8-6-21-7-9-22;1-15-12(14)11-7-16-6-10(11)8-2-4-9(13)5-3-8;1-14-6(11)4-2-15-3-5(4)16-17(12,13)7(8,9)10;8-6-3-1-5(2-4-6)7(9)10;1-3-4(5)6-2;1-6-3(5)2-4/h3-8,14,17,22-24H,9-13,15-16,32H2,1-2H3;4-5,11-13,21H,6-10H2,1-3H3;2-5H,6-7H2,1H3;2-3H2,1H3;1-4,9-10H;3H,1H2,2H3;4H,2H2,1H3/t22?,23?,24-;;;;;;/m0....../s1. The molecule has 5 aliphatic rings. The molecule has 3 fully saturated rings. The SMILES string of the molecule is C=CC(=O)OC.CC(C)CC(C)c1cc(C(F)(F)F)ccc1N1CCNCC1.CC(C)C[C@H](N)c1cc(C(F)(F)F)ccc1N1CCN(C(=O)C2COCC2c2ccc(Cl)cc2)CC1.COC(=O)C1=C(OS(=O)(=O)C(F)(F)F)COC1.COC(=O)C1=C(c2ccc(Cl)cc2)COC1.COC(=O)CO.OB(O)c1ccc(Cl)cc1. The number of piperazine rings is 2. The van der Waals surface area contributed by atoms with Crippen LogP contribution in [0, 0.1) is 17.8 Å². The lowest BCUT2D eigenvalue weighted by atomic mass is 9.81. The van der Waals surface area contributed by atoms with Gasteiger partial charge in [-0.15, -0.1) is 0 Å². The van der Waals surface area contributed by atoms with Crippen LogP contribution < -0.4 is 26.3 Å². The summed E-state index contributed by atoms with van der Waals surface area (Å²) in [5, 5.41) is 30.3. The third-order valence-electron chi connectivity index (χ3n) is 17.4. The highest BCUT2D eigenvalue weighted by Crippen LogP contribution is 2.41. The van der Waals surface area contributed by atoms with E-state index in [2.05, 4.69) is 53.8 Å². The van der Waals surface area contributed by atoms with Gasteiger partial charge in [0, 0.05) is 96.8 Å². The normalized spacial score (nSPS) is 16.8. The summed E-state index contributed by atoms with van der Waals surface area (Å²) in [4.78, 5) is 61.6.